The molecule has 6 heteroatoms. The van der Waals surface area contributed by atoms with Gasteiger partial charge in [-0.2, -0.15) is 5.10 Å². The van der Waals surface area contributed by atoms with Gasteiger partial charge in [-0.15, -0.1) is 0 Å². The average molecular weight is 370 g/mol. The smallest absolute Gasteiger partial charge is 0.272 e. The van der Waals surface area contributed by atoms with Crippen molar-refractivity contribution in [2.75, 3.05) is 37.7 Å². The highest BCUT2D eigenvalue weighted by Gasteiger charge is 2.30. The summed E-state index contributed by atoms with van der Waals surface area (Å²) in [6.45, 7) is 12.3. The highest BCUT2D eigenvalue weighted by molar-refractivity contribution is 5.93. The van der Waals surface area contributed by atoms with Crippen LogP contribution in [0.2, 0.25) is 0 Å². The fraction of sp³-hybridized carbons (Fsp3) is 0.524. The van der Waals surface area contributed by atoms with Crippen LogP contribution in [0.5, 0.6) is 0 Å². The van der Waals surface area contributed by atoms with Gasteiger partial charge in [-0.25, -0.2) is 0 Å². The van der Waals surface area contributed by atoms with Crippen molar-refractivity contribution in [3.8, 4) is 0 Å². The van der Waals surface area contributed by atoms with Crippen molar-refractivity contribution in [2.45, 2.75) is 40.3 Å². The summed E-state index contributed by atoms with van der Waals surface area (Å²) in [6.07, 6.45) is 0. The van der Waals surface area contributed by atoms with Crippen LogP contribution in [-0.2, 0) is 11.3 Å². The van der Waals surface area contributed by atoms with Gasteiger partial charge >= 0.3 is 0 Å². The van der Waals surface area contributed by atoms with Gasteiger partial charge in [0.2, 0.25) is 0 Å². The molecule has 0 aliphatic carbocycles. The Morgan fingerprint density at radius 3 is 2.63 bits per heavy atom. The molecule has 1 amide bonds. The van der Waals surface area contributed by atoms with E-state index < -0.39 is 0 Å². The molecule has 1 aliphatic heterocycles. The van der Waals surface area contributed by atoms with Crippen molar-refractivity contribution in [1.29, 1.82) is 0 Å². The third kappa shape index (κ3) is 4.50. The van der Waals surface area contributed by atoms with Crippen LogP contribution in [0.25, 0.3) is 0 Å². The summed E-state index contributed by atoms with van der Waals surface area (Å²) >= 11 is 0. The minimum Gasteiger partial charge on any atom is -0.380 e. The second-order valence-electron chi connectivity index (χ2n) is 7.22. The zero-order chi connectivity index (χ0) is 19.4. The Kier molecular flexibility index (Phi) is 6.16. The summed E-state index contributed by atoms with van der Waals surface area (Å²) in [5, 5.41) is 4.47. The number of piperazine rings is 1. The number of aryl methyl sites for hydroxylation is 2. The van der Waals surface area contributed by atoms with Crippen LogP contribution < -0.4 is 4.90 Å². The van der Waals surface area contributed by atoms with Crippen molar-refractivity contribution in [3.05, 3.63) is 47.3 Å². The number of anilines is 1. The lowest BCUT2D eigenvalue weighted by Crippen LogP contribution is -2.54. The Bertz CT molecular complexity index is 769. The zero-order valence-corrected chi connectivity index (χ0v) is 16.8. The Hall–Kier alpha value is -2.34. The van der Waals surface area contributed by atoms with Gasteiger partial charge in [-0.3, -0.25) is 9.48 Å². The standard InChI is InChI=1S/C21H30N4O2/c1-5-27-13-12-25-20(14-17(3)22-25)21(26)24-11-10-23(15-18(24)4)19-8-6-16(2)7-9-19/h6-9,14,18H,5,10-13,15H2,1-4H3/t18-/m1/s1. The van der Waals surface area contributed by atoms with Crippen molar-refractivity contribution >= 4 is 11.6 Å². The molecule has 27 heavy (non-hydrogen) atoms. The maximum Gasteiger partial charge on any atom is 0.272 e. The van der Waals surface area contributed by atoms with E-state index in [0.29, 0.717) is 32.0 Å². The predicted molar refractivity (Wildman–Crippen MR) is 107 cm³/mol. The summed E-state index contributed by atoms with van der Waals surface area (Å²) in [5.74, 6) is 0.0585. The first-order valence-electron chi connectivity index (χ1n) is 9.74. The van der Waals surface area contributed by atoms with Crippen molar-refractivity contribution < 1.29 is 9.53 Å². The monoisotopic (exact) mass is 370 g/mol. The number of aromatic nitrogens is 2. The number of amides is 1. The first kappa shape index (κ1) is 19.4. The molecule has 0 N–H and O–H groups in total. The van der Waals surface area contributed by atoms with Crippen LogP contribution in [0.1, 0.15) is 35.6 Å². The molecule has 0 bridgehead atoms. The Balaban J connectivity index is 1.69. The van der Waals surface area contributed by atoms with Gasteiger partial charge in [0.25, 0.3) is 5.91 Å². The third-order valence-electron chi connectivity index (χ3n) is 5.06. The lowest BCUT2D eigenvalue weighted by molar-refractivity contribution is 0.0656. The number of benzene rings is 1. The number of hydrogen-bond donors (Lipinski definition) is 0. The minimum atomic E-state index is 0.0585. The van der Waals surface area contributed by atoms with Crippen LogP contribution in [0.3, 0.4) is 0 Å². The van der Waals surface area contributed by atoms with Gasteiger partial charge < -0.3 is 14.5 Å². The summed E-state index contributed by atoms with van der Waals surface area (Å²) in [5.41, 5.74) is 4.00. The summed E-state index contributed by atoms with van der Waals surface area (Å²) in [6, 6.07) is 10.6. The largest absolute Gasteiger partial charge is 0.380 e. The molecule has 1 fully saturated rings. The fourth-order valence-electron chi connectivity index (χ4n) is 3.58. The van der Waals surface area contributed by atoms with Gasteiger partial charge in [0.1, 0.15) is 5.69 Å². The summed E-state index contributed by atoms with van der Waals surface area (Å²) in [4.78, 5) is 17.5. The molecular weight excluding hydrogens is 340 g/mol. The Morgan fingerprint density at radius 2 is 1.96 bits per heavy atom. The average Bonchev–Trinajstić information content (AvgIpc) is 3.02. The lowest BCUT2D eigenvalue weighted by atomic mass is 10.1. The third-order valence-corrected chi connectivity index (χ3v) is 5.06. The maximum absolute atomic E-state index is 13.2. The molecule has 6 nitrogen and oxygen atoms in total. The van der Waals surface area contributed by atoms with E-state index in [4.69, 9.17) is 4.74 Å². The predicted octanol–water partition coefficient (Wildman–Crippen LogP) is 2.89. The molecule has 0 unspecified atom stereocenters. The fourth-order valence-corrected chi connectivity index (χ4v) is 3.58. The van der Waals surface area contributed by atoms with Crippen molar-refractivity contribution in [1.82, 2.24) is 14.7 Å². The molecule has 3 rings (SSSR count). The molecule has 0 radical (unpaired) electrons. The van der Waals surface area contributed by atoms with E-state index in [1.807, 2.05) is 24.8 Å². The van der Waals surface area contributed by atoms with E-state index in [1.165, 1.54) is 11.3 Å². The van der Waals surface area contributed by atoms with Crippen LogP contribution >= 0.6 is 0 Å². The molecule has 0 saturated carbocycles. The quantitative estimate of drug-likeness (QED) is 0.734. The Morgan fingerprint density at radius 1 is 1.22 bits per heavy atom. The highest BCUT2D eigenvalue weighted by Crippen LogP contribution is 2.21. The molecule has 1 atom stereocenters. The topological polar surface area (TPSA) is 50.6 Å². The van der Waals surface area contributed by atoms with E-state index in [0.717, 1.165) is 18.8 Å². The zero-order valence-electron chi connectivity index (χ0n) is 16.8. The molecule has 1 saturated heterocycles. The van der Waals surface area contributed by atoms with Gasteiger partial charge in [-0.1, -0.05) is 17.7 Å². The van der Waals surface area contributed by atoms with Gasteiger partial charge in [-0.05, 0) is 45.9 Å². The number of ether oxygens (including phenoxy) is 1. The van der Waals surface area contributed by atoms with Gasteiger partial charge in [0.15, 0.2) is 0 Å². The van der Waals surface area contributed by atoms with E-state index in [-0.39, 0.29) is 11.9 Å². The number of nitrogens with zero attached hydrogens (tertiary/aromatic N) is 4. The maximum atomic E-state index is 13.2. The second kappa shape index (κ2) is 8.57. The first-order valence-corrected chi connectivity index (χ1v) is 9.74. The number of rotatable bonds is 6. The van der Waals surface area contributed by atoms with Gasteiger partial charge in [0, 0.05) is 38.0 Å². The van der Waals surface area contributed by atoms with Crippen molar-refractivity contribution in [2.24, 2.45) is 0 Å². The minimum absolute atomic E-state index is 0.0585. The van der Waals surface area contributed by atoms with Crippen LogP contribution in [0.15, 0.2) is 30.3 Å². The number of carbonyl (C=O) groups is 1. The molecule has 1 aliphatic rings. The summed E-state index contributed by atoms with van der Waals surface area (Å²) < 4.78 is 7.21. The van der Waals surface area contributed by atoms with E-state index >= 15 is 0 Å². The molecule has 2 aromatic rings. The number of carbonyl (C=O) groups excluding carboxylic acids is 1. The van der Waals surface area contributed by atoms with E-state index in [1.54, 1.807) is 4.68 Å². The number of hydrogen-bond acceptors (Lipinski definition) is 4. The highest BCUT2D eigenvalue weighted by atomic mass is 16.5. The second-order valence-corrected chi connectivity index (χ2v) is 7.22. The van der Waals surface area contributed by atoms with Crippen LogP contribution in [0.4, 0.5) is 5.69 Å². The molecule has 2 heterocycles. The van der Waals surface area contributed by atoms with E-state index in [9.17, 15) is 4.79 Å². The Labute approximate surface area is 161 Å². The molecule has 146 valence electrons. The molecular formula is C21H30N4O2. The van der Waals surface area contributed by atoms with Crippen LogP contribution in [-0.4, -0.2) is 59.5 Å². The van der Waals surface area contributed by atoms with Crippen LogP contribution in [0, 0.1) is 13.8 Å². The van der Waals surface area contributed by atoms with Crippen molar-refractivity contribution in [3.63, 3.8) is 0 Å². The molecule has 1 aromatic heterocycles. The van der Waals surface area contributed by atoms with Gasteiger partial charge in [0.05, 0.1) is 18.8 Å². The molecule has 0 spiro atoms. The summed E-state index contributed by atoms with van der Waals surface area (Å²) in [7, 11) is 0. The lowest BCUT2D eigenvalue weighted by Gasteiger charge is -2.41. The first-order chi connectivity index (χ1) is 13.0. The SMILES string of the molecule is CCOCCn1nc(C)cc1C(=O)N1CCN(c2ccc(C)cc2)C[C@H]1C. The van der Waals surface area contributed by atoms with E-state index in [2.05, 4.69) is 48.1 Å². The molecule has 1 aromatic carbocycles. The normalized spacial score (nSPS) is 17.4.